The minimum absolute atomic E-state index is 0.335. The quantitative estimate of drug-likeness (QED) is 0.604. The Morgan fingerprint density at radius 2 is 1.86 bits per heavy atom. The lowest BCUT2D eigenvalue weighted by Gasteiger charge is -2.13. The number of esters is 1. The molecule has 2 rings (SSSR count). The van der Waals surface area contributed by atoms with Crippen LogP contribution >= 0.6 is 0 Å². The molecule has 0 aliphatic heterocycles. The van der Waals surface area contributed by atoms with Gasteiger partial charge >= 0.3 is 5.97 Å². The van der Waals surface area contributed by atoms with Gasteiger partial charge in [-0.2, -0.15) is 0 Å². The van der Waals surface area contributed by atoms with E-state index in [9.17, 15) is 4.79 Å². The molecule has 1 aromatic carbocycles. The first-order valence-electron chi connectivity index (χ1n) is 7.26. The Kier molecular flexibility index (Phi) is 5.20. The molecule has 22 heavy (non-hydrogen) atoms. The van der Waals surface area contributed by atoms with Crippen LogP contribution in [-0.4, -0.2) is 24.8 Å². The van der Waals surface area contributed by atoms with Gasteiger partial charge in [0.05, 0.1) is 25.0 Å². The van der Waals surface area contributed by atoms with Gasteiger partial charge in [0.25, 0.3) is 0 Å². The Hall–Kier alpha value is -2.30. The van der Waals surface area contributed by atoms with Gasteiger partial charge in [0.1, 0.15) is 11.5 Å². The molecule has 0 radical (unpaired) electrons. The fourth-order valence-corrected chi connectivity index (χ4v) is 2.37. The van der Waals surface area contributed by atoms with E-state index in [1.54, 1.807) is 12.1 Å². The first-order chi connectivity index (χ1) is 10.5. The van der Waals surface area contributed by atoms with Gasteiger partial charge in [0.15, 0.2) is 0 Å². The summed E-state index contributed by atoms with van der Waals surface area (Å²) in [5, 5.41) is 3.86. The second-order valence-electron chi connectivity index (χ2n) is 5.32. The van der Waals surface area contributed by atoms with Gasteiger partial charge in [0.2, 0.25) is 0 Å². The molecule has 2 aromatic rings. The van der Waals surface area contributed by atoms with Crippen LogP contribution in [0.5, 0.6) is 5.75 Å². The Labute approximate surface area is 130 Å². The number of carbonyl (C=O) groups is 1. The third kappa shape index (κ3) is 3.87. The van der Waals surface area contributed by atoms with Crippen molar-refractivity contribution < 1.29 is 18.8 Å². The van der Waals surface area contributed by atoms with Crippen LogP contribution in [0.15, 0.2) is 22.7 Å². The maximum Gasteiger partial charge on any atom is 0.337 e. The predicted molar refractivity (Wildman–Crippen MR) is 82.3 cm³/mol. The van der Waals surface area contributed by atoms with E-state index in [-0.39, 0.29) is 5.97 Å². The molecule has 1 aromatic heterocycles. The minimum atomic E-state index is -0.335. The van der Waals surface area contributed by atoms with Crippen molar-refractivity contribution in [3.8, 4) is 5.75 Å². The van der Waals surface area contributed by atoms with Crippen LogP contribution in [0.4, 0.5) is 0 Å². The van der Waals surface area contributed by atoms with Gasteiger partial charge in [0, 0.05) is 12.5 Å². The highest BCUT2D eigenvalue weighted by Gasteiger charge is 2.12. The molecule has 0 saturated heterocycles. The van der Waals surface area contributed by atoms with E-state index in [1.165, 1.54) is 7.11 Å². The zero-order chi connectivity index (χ0) is 16.1. The van der Waals surface area contributed by atoms with Crippen LogP contribution in [0.3, 0.4) is 0 Å². The number of hydrogen-bond acceptors (Lipinski definition) is 5. The van der Waals surface area contributed by atoms with Crippen molar-refractivity contribution in [3.05, 3.63) is 46.3 Å². The first-order valence-corrected chi connectivity index (χ1v) is 7.26. The van der Waals surface area contributed by atoms with Gasteiger partial charge in [-0.05, 0) is 50.5 Å². The third-order valence-electron chi connectivity index (χ3n) is 3.37. The molecule has 0 amide bonds. The molecule has 118 valence electrons. The molecule has 0 aliphatic rings. The fraction of sp³-hybridized carbons (Fsp3) is 0.412. The van der Waals surface area contributed by atoms with Gasteiger partial charge < -0.3 is 14.0 Å². The number of rotatable bonds is 6. The monoisotopic (exact) mass is 303 g/mol. The van der Waals surface area contributed by atoms with Crippen LogP contribution in [0, 0.1) is 20.8 Å². The summed E-state index contributed by atoms with van der Waals surface area (Å²) in [5.74, 6) is 1.36. The SMILES string of the molecule is COC(=O)c1cc(C)c(OCCCc2cc(C)no2)c(C)c1. The third-order valence-corrected chi connectivity index (χ3v) is 3.37. The van der Waals surface area contributed by atoms with Crippen molar-refractivity contribution in [1.82, 2.24) is 5.16 Å². The van der Waals surface area contributed by atoms with E-state index in [1.807, 2.05) is 26.8 Å². The van der Waals surface area contributed by atoms with E-state index in [0.29, 0.717) is 12.2 Å². The van der Waals surface area contributed by atoms with Crippen molar-refractivity contribution in [3.63, 3.8) is 0 Å². The molecule has 0 unspecified atom stereocenters. The highest BCUT2D eigenvalue weighted by molar-refractivity contribution is 5.90. The molecule has 0 N–H and O–H groups in total. The molecule has 5 heteroatoms. The van der Waals surface area contributed by atoms with Crippen molar-refractivity contribution in [2.45, 2.75) is 33.6 Å². The summed E-state index contributed by atoms with van der Waals surface area (Å²) in [6.45, 7) is 6.33. The van der Waals surface area contributed by atoms with Gasteiger partial charge in [-0.1, -0.05) is 5.16 Å². The maximum absolute atomic E-state index is 11.6. The number of ether oxygens (including phenoxy) is 2. The summed E-state index contributed by atoms with van der Waals surface area (Å²) in [6.07, 6.45) is 1.63. The minimum Gasteiger partial charge on any atom is -0.493 e. The van der Waals surface area contributed by atoms with Gasteiger partial charge in [-0.15, -0.1) is 0 Å². The summed E-state index contributed by atoms with van der Waals surface area (Å²) >= 11 is 0. The summed E-state index contributed by atoms with van der Waals surface area (Å²) in [7, 11) is 1.38. The Morgan fingerprint density at radius 3 is 2.41 bits per heavy atom. The number of aromatic nitrogens is 1. The zero-order valence-corrected chi connectivity index (χ0v) is 13.4. The van der Waals surface area contributed by atoms with Crippen LogP contribution < -0.4 is 4.74 Å². The Bertz CT molecular complexity index is 637. The van der Waals surface area contributed by atoms with Gasteiger partial charge in [-0.3, -0.25) is 0 Å². The number of methoxy groups -OCH3 is 1. The van der Waals surface area contributed by atoms with Crippen LogP contribution in [0.25, 0.3) is 0 Å². The topological polar surface area (TPSA) is 61.6 Å². The standard InChI is InChI=1S/C17H21NO4/c1-11-8-14(17(19)20-4)9-12(2)16(11)21-7-5-6-15-10-13(3)18-22-15/h8-10H,5-7H2,1-4H3. The largest absolute Gasteiger partial charge is 0.493 e. The predicted octanol–water partition coefficient (Wildman–Crippen LogP) is 3.40. The molecule has 0 fully saturated rings. The van der Waals surface area contributed by atoms with Crippen LogP contribution in [-0.2, 0) is 11.2 Å². The van der Waals surface area contributed by atoms with Crippen LogP contribution in [0.1, 0.15) is 39.4 Å². The Morgan fingerprint density at radius 1 is 1.18 bits per heavy atom. The summed E-state index contributed by atoms with van der Waals surface area (Å²) in [5.41, 5.74) is 3.29. The fourth-order valence-electron chi connectivity index (χ4n) is 2.37. The molecule has 0 saturated carbocycles. The van der Waals surface area contributed by atoms with Crippen molar-refractivity contribution in [2.24, 2.45) is 0 Å². The number of carbonyl (C=O) groups excluding carboxylic acids is 1. The summed E-state index contributed by atoms with van der Waals surface area (Å²) in [4.78, 5) is 11.6. The zero-order valence-electron chi connectivity index (χ0n) is 13.4. The van der Waals surface area contributed by atoms with E-state index in [4.69, 9.17) is 14.0 Å². The number of aryl methyl sites for hydroxylation is 4. The first kappa shape index (κ1) is 16.1. The number of hydrogen-bond donors (Lipinski definition) is 0. The number of nitrogens with zero attached hydrogens (tertiary/aromatic N) is 1. The maximum atomic E-state index is 11.6. The van der Waals surface area contributed by atoms with E-state index >= 15 is 0 Å². The summed E-state index contributed by atoms with van der Waals surface area (Å²) in [6, 6.07) is 5.50. The lowest BCUT2D eigenvalue weighted by atomic mass is 10.1. The molecule has 0 bridgehead atoms. The second-order valence-corrected chi connectivity index (χ2v) is 5.32. The van der Waals surface area contributed by atoms with E-state index < -0.39 is 0 Å². The summed E-state index contributed by atoms with van der Waals surface area (Å²) < 4.78 is 15.8. The highest BCUT2D eigenvalue weighted by atomic mass is 16.5. The Balaban J connectivity index is 1.93. The normalized spacial score (nSPS) is 10.5. The van der Waals surface area contributed by atoms with E-state index in [2.05, 4.69) is 5.16 Å². The molecule has 0 atom stereocenters. The lowest BCUT2D eigenvalue weighted by molar-refractivity contribution is 0.0600. The van der Waals surface area contributed by atoms with Gasteiger partial charge in [-0.25, -0.2) is 4.79 Å². The molecule has 5 nitrogen and oxygen atoms in total. The molecule has 0 aliphatic carbocycles. The smallest absolute Gasteiger partial charge is 0.337 e. The lowest BCUT2D eigenvalue weighted by Crippen LogP contribution is -2.06. The highest BCUT2D eigenvalue weighted by Crippen LogP contribution is 2.25. The molecule has 1 heterocycles. The number of benzene rings is 1. The molecule has 0 spiro atoms. The average molecular weight is 303 g/mol. The van der Waals surface area contributed by atoms with Crippen LogP contribution in [0.2, 0.25) is 0 Å². The van der Waals surface area contributed by atoms with Crippen molar-refractivity contribution in [1.29, 1.82) is 0 Å². The van der Waals surface area contributed by atoms with E-state index in [0.717, 1.165) is 41.2 Å². The average Bonchev–Trinajstić information content (AvgIpc) is 2.90. The second kappa shape index (κ2) is 7.11. The van der Waals surface area contributed by atoms with Crippen molar-refractivity contribution >= 4 is 5.97 Å². The molecular formula is C17H21NO4. The van der Waals surface area contributed by atoms with Crippen molar-refractivity contribution in [2.75, 3.05) is 13.7 Å². The molecular weight excluding hydrogens is 282 g/mol.